The fourth-order valence-corrected chi connectivity index (χ4v) is 2.51. The summed E-state index contributed by atoms with van der Waals surface area (Å²) in [5.74, 6) is 0. The van der Waals surface area contributed by atoms with Crippen LogP contribution in [-0.4, -0.2) is 25.4 Å². The van der Waals surface area contributed by atoms with Crippen LogP contribution in [0.3, 0.4) is 0 Å². The summed E-state index contributed by atoms with van der Waals surface area (Å²) >= 11 is 1.91. The van der Waals surface area contributed by atoms with Crippen molar-refractivity contribution in [3.8, 4) is 0 Å². The van der Waals surface area contributed by atoms with Crippen LogP contribution in [0.15, 0.2) is 29.2 Å². The number of hydrogen-bond acceptors (Lipinski definition) is 3. The van der Waals surface area contributed by atoms with Gasteiger partial charge in [-0.2, -0.15) is 0 Å². The van der Waals surface area contributed by atoms with E-state index in [9.17, 15) is 0 Å². The lowest BCUT2D eigenvalue weighted by Crippen LogP contribution is -2.19. The van der Waals surface area contributed by atoms with Gasteiger partial charge in [0, 0.05) is 29.4 Å². The molecule has 1 aromatic rings. The highest BCUT2D eigenvalue weighted by atomic mass is 32.2. The van der Waals surface area contributed by atoms with Gasteiger partial charge >= 0.3 is 0 Å². The van der Waals surface area contributed by atoms with Crippen LogP contribution in [0.4, 0.5) is 5.69 Å². The van der Waals surface area contributed by atoms with Crippen LogP contribution < -0.4 is 10.6 Å². The molecule has 0 heterocycles. The Hall–Kier alpha value is -0.670. The van der Waals surface area contributed by atoms with Crippen molar-refractivity contribution in [2.24, 2.45) is 5.73 Å². The van der Waals surface area contributed by atoms with Crippen molar-refractivity contribution in [1.29, 1.82) is 0 Å². The quantitative estimate of drug-likeness (QED) is 0.596. The van der Waals surface area contributed by atoms with Crippen molar-refractivity contribution in [3.05, 3.63) is 24.3 Å². The number of rotatable bonds is 7. The highest BCUT2D eigenvalue weighted by Crippen LogP contribution is 2.25. The third-order valence-electron chi connectivity index (χ3n) is 2.60. The first-order valence-corrected chi connectivity index (χ1v) is 7.19. The first-order valence-electron chi connectivity index (χ1n) is 6.31. The van der Waals surface area contributed by atoms with Crippen LogP contribution in [0.5, 0.6) is 0 Å². The molecule has 3 heteroatoms. The molecule has 0 unspecified atom stereocenters. The molecule has 0 amide bonds. The molecule has 1 aromatic carbocycles. The fourth-order valence-electron chi connectivity index (χ4n) is 1.67. The van der Waals surface area contributed by atoms with Gasteiger partial charge in [-0.15, -0.1) is 11.8 Å². The Balaban J connectivity index is 2.48. The van der Waals surface area contributed by atoms with Gasteiger partial charge in [-0.05, 0) is 43.7 Å². The first-order chi connectivity index (χ1) is 8.13. The summed E-state index contributed by atoms with van der Waals surface area (Å²) in [5.41, 5.74) is 6.79. The van der Waals surface area contributed by atoms with Gasteiger partial charge in [0.25, 0.3) is 0 Å². The highest BCUT2D eigenvalue weighted by Gasteiger charge is 2.02. The number of anilines is 1. The molecular formula is C14H24N2S. The zero-order valence-electron chi connectivity index (χ0n) is 11.1. The van der Waals surface area contributed by atoms with Crippen molar-refractivity contribution < 1.29 is 0 Å². The summed E-state index contributed by atoms with van der Waals surface area (Å²) in [6.45, 7) is 6.31. The number of nitrogens with two attached hydrogens (primary N) is 1. The molecule has 0 radical (unpaired) electrons. The third kappa shape index (κ3) is 5.46. The normalized spacial score (nSPS) is 10.9. The summed E-state index contributed by atoms with van der Waals surface area (Å²) in [6.07, 6.45) is 2.27. The second-order valence-electron chi connectivity index (χ2n) is 4.58. The van der Waals surface area contributed by atoms with Gasteiger partial charge < -0.3 is 10.6 Å². The lowest BCUT2D eigenvalue weighted by atomic mass is 10.2. The zero-order valence-corrected chi connectivity index (χ0v) is 12.0. The van der Waals surface area contributed by atoms with Crippen molar-refractivity contribution in [2.45, 2.75) is 36.8 Å². The van der Waals surface area contributed by atoms with Crippen molar-refractivity contribution in [3.63, 3.8) is 0 Å². The Bertz CT molecular complexity index is 309. The summed E-state index contributed by atoms with van der Waals surface area (Å²) in [5, 5.41) is 0.642. The second-order valence-corrected chi connectivity index (χ2v) is 6.23. The molecule has 0 saturated carbocycles. The molecule has 0 aliphatic carbocycles. The maximum absolute atomic E-state index is 5.50. The average molecular weight is 252 g/mol. The predicted molar refractivity (Wildman–Crippen MR) is 79.0 cm³/mol. The minimum Gasteiger partial charge on any atom is -0.375 e. The van der Waals surface area contributed by atoms with Crippen molar-refractivity contribution in [2.75, 3.05) is 25.0 Å². The Labute approximate surface area is 110 Å². The topological polar surface area (TPSA) is 29.3 Å². The largest absolute Gasteiger partial charge is 0.375 e. The molecule has 0 aromatic heterocycles. The van der Waals surface area contributed by atoms with E-state index in [1.54, 1.807) is 0 Å². The van der Waals surface area contributed by atoms with Crippen LogP contribution in [0, 0.1) is 0 Å². The smallest absolute Gasteiger partial charge is 0.0364 e. The third-order valence-corrected chi connectivity index (χ3v) is 3.61. The molecule has 96 valence electrons. The second kappa shape index (κ2) is 7.62. The van der Waals surface area contributed by atoms with Gasteiger partial charge in [-0.25, -0.2) is 0 Å². The van der Waals surface area contributed by atoms with E-state index in [0.717, 1.165) is 25.9 Å². The van der Waals surface area contributed by atoms with Gasteiger partial charge in [-0.3, -0.25) is 0 Å². The number of nitrogens with zero attached hydrogens (tertiary/aromatic N) is 1. The minimum atomic E-state index is 0.642. The van der Waals surface area contributed by atoms with Crippen LogP contribution in [0.1, 0.15) is 26.7 Å². The molecule has 17 heavy (non-hydrogen) atoms. The molecule has 0 bridgehead atoms. The Morgan fingerprint density at radius 2 is 1.82 bits per heavy atom. The van der Waals surface area contributed by atoms with Crippen LogP contribution >= 0.6 is 11.8 Å². The van der Waals surface area contributed by atoms with Crippen molar-refractivity contribution >= 4 is 17.4 Å². The standard InChI is InChI=1S/C14H24N2S/c1-12(2)17-14-8-6-13(7-9-14)16(3)11-5-4-10-15/h6-9,12H,4-5,10-11,15H2,1-3H3. The molecular weight excluding hydrogens is 228 g/mol. The first kappa shape index (κ1) is 14.4. The Kier molecular flexibility index (Phi) is 6.45. The van der Waals surface area contributed by atoms with E-state index < -0.39 is 0 Å². The zero-order chi connectivity index (χ0) is 12.7. The summed E-state index contributed by atoms with van der Waals surface area (Å²) in [7, 11) is 2.14. The molecule has 0 aliphatic rings. The fraction of sp³-hybridized carbons (Fsp3) is 0.571. The number of thioether (sulfide) groups is 1. The van der Waals surface area contributed by atoms with E-state index in [4.69, 9.17) is 5.73 Å². The predicted octanol–water partition coefficient (Wildman–Crippen LogP) is 3.36. The molecule has 2 nitrogen and oxygen atoms in total. The summed E-state index contributed by atoms with van der Waals surface area (Å²) in [6, 6.07) is 8.82. The van der Waals surface area contributed by atoms with Gasteiger partial charge in [0.2, 0.25) is 0 Å². The van der Waals surface area contributed by atoms with E-state index in [0.29, 0.717) is 5.25 Å². The van der Waals surface area contributed by atoms with E-state index in [2.05, 4.69) is 50.1 Å². The van der Waals surface area contributed by atoms with E-state index in [1.807, 2.05) is 11.8 Å². The lowest BCUT2D eigenvalue weighted by molar-refractivity contribution is 0.728. The summed E-state index contributed by atoms with van der Waals surface area (Å²) in [4.78, 5) is 3.64. The molecule has 0 atom stereocenters. The van der Waals surface area contributed by atoms with Crippen LogP contribution in [0.25, 0.3) is 0 Å². The van der Waals surface area contributed by atoms with Crippen molar-refractivity contribution in [1.82, 2.24) is 0 Å². The molecule has 0 aliphatic heterocycles. The number of unbranched alkanes of at least 4 members (excludes halogenated alkanes) is 1. The van der Waals surface area contributed by atoms with Gasteiger partial charge in [0.05, 0.1) is 0 Å². The number of hydrogen-bond donors (Lipinski definition) is 1. The van der Waals surface area contributed by atoms with E-state index in [1.165, 1.54) is 10.6 Å². The van der Waals surface area contributed by atoms with Gasteiger partial charge in [0.15, 0.2) is 0 Å². The van der Waals surface area contributed by atoms with Crippen LogP contribution in [0.2, 0.25) is 0 Å². The minimum absolute atomic E-state index is 0.642. The Morgan fingerprint density at radius 3 is 2.35 bits per heavy atom. The average Bonchev–Trinajstić information content (AvgIpc) is 2.29. The van der Waals surface area contributed by atoms with Gasteiger partial charge in [-0.1, -0.05) is 13.8 Å². The summed E-state index contributed by atoms with van der Waals surface area (Å²) < 4.78 is 0. The SMILES string of the molecule is CC(C)Sc1ccc(N(C)CCCCN)cc1. The van der Waals surface area contributed by atoms with Gasteiger partial charge in [0.1, 0.15) is 0 Å². The van der Waals surface area contributed by atoms with E-state index >= 15 is 0 Å². The Morgan fingerprint density at radius 1 is 1.18 bits per heavy atom. The molecule has 1 rings (SSSR count). The monoisotopic (exact) mass is 252 g/mol. The maximum atomic E-state index is 5.50. The lowest BCUT2D eigenvalue weighted by Gasteiger charge is -2.19. The maximum Gasteiger partial charge on any atom is 0.0364 e. The molecule has 0 spiro atoms. The molecule has 0 fully saturated rings. The highest BCUT2D eigenvalue weighted by molar-refractivity contribution is 7.99. The molecule has 0 saturated heterocycles. The van der Waals surface area contributed by atoms with Crippen LogP contribution in [-0.2, 0) is 0 Å². The molecule has 2 N–H and O–H groups in total. The number of benzene rings is 1. The van der Waals surface area contributed by atoms with E-state index in [-0.39, 0.29) is 0 Å².